The summed E-state index contributed by atoms with van der Waals surface area (Å²) in [6.07, 6.45) is 0. The molecule has 0 aromatic heterocycles. The maximum absolute atomic E-state index is 11.0. The first kappa shape index (κ1) is 15.0. The Balaban J connectivity index is 2.54. The van der Waals surface area contributed by atoms with Crippen LogP contribution in [-0.2, 0) is 9.59 Å². The lowest BCUT2D eigenvalue weighted by Gasteiger charge is -2.09. The van der Waals surface area contributed by atoms with Gasteiger partial charge in [0.15, 0.2) is 0 Å². The molecular formula is C14H10Br2O4. The van der Waals surface area contributed by atoms with E-state index in [-0.39, 0.29) is 11.9 Å². The lowest BCUT2D eigenvalue weighted by molar-refractivity contribution is -0.132. The normalized spacial score (nSPS) is 10.4. The Kier molecular flexibility index (Phi) is 4.45. The summed E-state index contributed by atoms with van der Waals surface area (Å²) in [5.41, 5.74) is 0. The third-order valence-electron chi connectivity index (χ3n) is 2.45. The minimum atomic E-state index is -0.388. The van der Waals surface area contributed by atoms with Crippen LogP contribution in [-0.4, -0.2) is 11.9 Å². The van der Waals surface area contributed by atoms with Crippen molar-refractivity contribution in [3.63, 3.8) is 0 Å². The molecule has 0 aliphatic rings. The van der Waals surface area contributed by atoms with Gasteiger partial charge in [0.2, 0.25) is 0 Å². The van der Waals surface area contributed by atoms with E-state index in [1.54, 1.807) is 24.3 Å². The van der Waals surface area contributed by atoms with Crippen molar-refractivity contribution in [2.75, 3.05) is 0 Å². The molecule has 0 bridgehead atoms. The molecule has 0 unspecified atom stereocenters. The van der Waals surface area contributed by atoms with Gasteiger partial charge in [-0.25, -0.2) is 0 Å². The number of benzene rings is 2. The summed E-state index contributed by atoms with van der Waals surface area (Å²) < 4.78 is 11.5. The fourth-order valence-corrected chi connectivity index (χ4v) is 2.60. The molecule has 0 radical (unpaired) electrons. The largest absolute Gasteiger partial charge is 0.425 e. The lowest BCUT2D eigenvalue weighted by Crippen LogP contribution is -2.03. The monoisotopic (exact) mass is 400 g/mol. The van der Waals surface area contributed by atoms with Crippen molar-refractivity contribution >= 4 is 54.6 Å². The molecule has 6 heteroatoms. The summed E-state index contributed by atoms with van der Waals surface area (Å²) in [6, 6.07) is 7.08. The van der Waals surface area contributed by atoms with Crippen molar-refractivity contribution < 1.29 is 19.1 Å². The molecular weight excluding hydrogens is 392 g/mol. The van der Waals surface area contributed by atoms with Crippen molar-refractivity contribution in [3.8, 4) is 11.5 Å². The molecule has 0 saturated heterocycles. The number of carbonyl (C=O) groups is 2. The van der Waals surface area contributed by atoms with Crippen molar-refractivity contribution in [1.82, 2.24) is 0 Å². The Hall–Kier alpha value is -1.40. The highest BCUT2D eigenvalue weighted by Gasteiger charge is 2.11. The molecule has 2 aromatic carbocycles. The van der Waals surface area contributed by atoms with E-state index in [4.69, 9.17) is 9.47 Å². The number of esters is 2. The number of hydrogen-bond acceptors (Lipinski definition) is 4. The number of carbonyl (C=O) groups excluding carboxylic acids is 2. The summed E-state index contributed by atoms with van der Waals surface area (Å²) in [5, 5.41) is 1.71. The van der Waals surface area contributed by atoms with Crippen LogP contribution in [0, 0.1) is 0 Å². The second-order valence-electron chi connectivity index (χ2n) is 4.10. The van der Waals surface area contributed by atoms with Crippen LogP contribution in [0.3, 0.4) is 0 Å². The predicted molar refractivity (Wildman–Crippen MR) is 82.0 cm³/mol. The average molecular weight is 402 g/mol. The summed E-state index contributed by atoms with van der Waals surface area (Å²) in [6.45, 7) is 2.69. The van der Waals surface area contributed by atoms with Crippen LogP contribution >= 0.6 is 31.9 Å². The molecule has 2 aromatic rings. The molecule has 0 aliphatic heterocycles. The van der Waals surface area contributed by atoms with E-state index in [1.165, 1.54) is 13.8 Å². The van der Waals surface area contributed by atoms with E-state index in [9.17, 15) is 9.59 Å². The summed E-state index contributed by atoms with van der Waals surface area (Å²) in [4.78, 5) is 22.1. The van der Waals surface area contributed by atoms with Crippen LogP contribution < -0.4 is 9.47 Å². The van der Waals surface area contributed by atoms with E-state index in [2.05, 4.69) is 31.9 Å². The van der Waals surface area contributed by atoms with E-state index < -0.39 is 0 Å². The first-order valence-corrected chi connectivity index (χ1v) is 7.25. The van der Waals surface area contributed by atoms with Gasteiger partial charge in [-0.05, 0) is 66.9 Å². The Morgan fingerprint density at radius 2 is 1.15 bits per heavy atom. The summed E-state index contributed by atoms with van der Waals surface area (Å²) in [7, 11) is 0. The molecule has 2 rings (SSSR count). The van der Waals surface area contributed by atoms with Crippen LogP contribution in [0.4, 0.5) is 0 Å². The molecule has 104 valence electrons. The maximum Gasteiger partial charge on any atom is 0.308 e. The average Bonchev–Trinajstić information content (AvgIpc) is 2.31. The first-order chi connectivity index (χ1) is 9.36. The number of rotatable bonds is 2. The zero-order chi connectivity index (χ0) is 14.9. The van der Waals surface area contributed by atoms with Gasteiger partial charge in [-0.15, -0.1) is 0 Å². The van der Waals surface area contributed by atoms with Crippen LogP contribution in [0.1, 0.15) is 13.8 Å². The van der Waals surface area contributed by atoms with Gasteiger partial charge >= 0.3 is 11.9 Å². The predicted octanol–water partition coefficient (Wildman–Crippen LogP) is 4.22. The molecule has 0 N–H and O–H groups in total. The number of ether oxygens (including phenoxy) is 2. The molecule has 0 saturated carbocycles. The second-order valence-corrected chi connectivity index (χ2v) is 5.81. The number of hydrogen-bond donors (Lipinski definition) is 0. The van der Waals surface area contributed by atoms with E-state index in [0.29, 0.717) is 20.4 Å². The highest BCUT2D eigenvalue weighted by molar-refractivity contribution is 9.11. The van der Waals surface area contributed by atoms with Crippen LogP contribution in [0.2, 0.25) is 0 Å². The second kappa shape index (κ2) is 5.93. The van der Waals surface area contributed by atoms with E-state index in [0.717, 1.165) is 10.8 Å². The first-order valence-electron chi connectivity index (χ1n) is 5.66. The molecule has 0 heterocycles. The quantitative estimate of drug-likeness (QED) is 0.558. The molecule has 0 fully saturated rings. The van der Waals surface area contributed by atoms with Crippen molar-refractivity contribution in [3.05, 3.63) is 33.2 Å². The fraction of sp³-hybridized carbons (Fsp3) is 0.143. The van der Waals surface area contributed by atoms with Gasteiger partial charge in [0.1, 0.15) is 11.5 Å². The maximum atomic E-state index is 11.0. The molecule has 4 nitrogen and oxygen atoms in total. The standard InChI is InChI=1S/C14H10Br2O4/c1-7(17)19-13-5-9-4-12(16)14(20-8(2)18)6-10(9)3-11(13)15/h3-6H,1-2H3. The minimum Gasteiger partial charge on any atom is -0.425 e. The van der Waals surface area contributed by atoms with Crippen LogP contribution in [0.15, 0.2) is 33.2 Å². The van der Waals surface area contributed by atoms with Gasteiger partial charge in [0, 0.05) is 13.8 Å². The Labute approximate surface area is 132 Å². The molecule has 0 aliphatic carbocycles. The third-order valence-corrected chi connectivity index (χ3v) is 3.69. The lowest BCUT2D eigenvalue weighted by atomic mass is 10.1. The van der Waals surface area contributed by atoms with Crippen molar-refractivity contribution in [2.45, 2.75) is 13.8 Å². The van der Waals surface area contributed by atoms with Gasteiger partial charge in [-0.3, -0.25) is 9.59 Å². The van der Waals surface area contributed by atoms with Crippen molar-refractivity contribution in [1.29, 1.82) is 0 Å². The molecule has 20 heavy (non-hydrogen) atoms. The topological polar surface area (TPSA) is 52.6 Å². The fourth-order valence-electron chi connectivity index (χ4n) is 1.72. The smallest absolute Gasteiger partial charge is 0.308 e. The third kappa shape index (κ3) is 3.37. The van der Waals surface area contributed by atoms with Gasteiger partial charge in [0.05, 0.1) is 8.95 Å². The highest BCUT2D eigenvalue weighted by atomic mass is 79.9. The number of fused-ring (bicyclic) bond motifs is 1. The Morgan fingerprint density at radius 1 is 0.800 bits per heavy atom. The SMILES string of the molecule is CC(=O)Oc1cc2cc(Br)c(OC(C)=O)cc2cc1Br. The zero-order valence-corrected chi connectivity index (χ0v) is 13.9. The van der Waals surface area contributed by atoms with Gasteiger partial charge in [-0.2, -0.15) is 0 Å². The zero-order valence-electron chi connectivity index (χ0n) is 10.7. The highest BCUT2D eigenvalue weighted by Crippen LogP contribution is 2.36. The van der Waals surface area contributed by atoms with Crippen LogP contribution in [0.25, 0.3) is 10.8 Å². The Bertz CT molecular complexity index is 649. The van der Waals surface area contributed by atoms with Gasteiger partial charge < -0.3 is 9.47 Å². The minimum absolute atomic E-state index is 0.388. The van der Waals surface area contributed by atoms with E-state index in [1.807, 2.05) is 0 Å². The van der Waals surface area contributed by atoms with E-state index >= 15 is 0 Å². The molecule has 0 amide bonds. The Morgan fingerprint density at radius 3 is 1.45 bits per heavy atom. The molecule has 0 atom stereocenters. The summed E-state index contributed by atoms with van der Waals surface area (Å²) >= 11 is 6.69. The van der Waals surface area contributed by atoms with Gasteiger partial charge in [0.25, 0.3) is 0 Å². The van der Waals surface area contributed by atoms with Crippen molar-refractivity contribution in [2.24, 2.45) is 0 Å². The van der Waals surface area contributed by atoms with Gasteiger partial charge in [-0.1, -0.05) is 0 Å². The molecule has 0 spiro atoms. The number of halogens is 2. The summed E-state index contributed by atoms with van der Waals surface area (Å²) in [5.74, 6) is 0.107. The van der Waals surface area contributed by atoms with Crippen LogP contribution in [0.5, 0.6) is 11.5 Å².